The summed E-state index contributed by atoms with van der Waals surface area (Å²) in [6.07, 6.45) is 3.27. The molecule has 0 atom stereocenters. The van der Waals surface area contributed by atoms with Crippen LogP contribution in [0.25, 0.3) is 0 Å². The van der Waals surface area contributed by atoms with Crippen LogP contribution >= 0.6 is 0 Å². The van der Waals surface area contributed by atoms with Gasteiger partial charge in [-0.2, -0.15) is 5.10 Å². The van der Waals surface area contributed by atoms with Crippen LogP contribution in [0.4, 0.5) is 11.5 Å². The summed E-state index contributed by atoms with van der Waals surface area (Å²) in [5.74, 6) is 1.04. The Morgan fingerprint density at radius 3 is 2.53 bits per heavy atom. The van der Waals surface area contributed by atoms with Gasteiger partial charge < -0.3 is 10.6 Å². The summed E-state index contributed by atoms with van der Waals surface area (Å²) in [5.41, 5.74) is 7.89. The molecule has 0 amide bonds. The molecule has 0 bridgehead atoms. The number of aryl methyl sites for hydroxylation is 2. The molecule has 4 heteroatoms. The highest BCUT2D eigenvalue weighted by Crippen LogP contribution is 2.25. The van der Waals surface area contributed by atoms with Crippen LogP contribution in [0.3, 0.4) is 0 Å². The molecule has 0 aliphatic heterocycles. The molecule has 2 N–H and O–H groups in total. The Balaban J connectivity index is 2.87. The van der Waals surface area contributed by atoms with Crippen molar-refractivity contribution in [2.75, 3.05) is 24.2 Å². The van der Waals surface area contributed by atoms with Crippen molar-refractivity contribution < 1.29 is 0 Å². The van der Waals surface area contributed by atoms with Crippen LogP contribution in [-0.2, 0) is 13.5 Å². The third-order valence-corrected chi connectivity index (χ3v) is 2.67. The van der Waals surface area contributed by atoms with Crippen LogP contribution < -0.4 is 10.6 Å². The number of anilines is 2. The highest BCUT2D eigenvalue weighted by molar-refractivity contribution is 5.66. The highest BCUT2D eigenvalue weighted by atomic mass is 15.4. The quantitative estimate of drug-likeness (QED) is 0.806. The van der Waals surface area contributed by atoms with E-state index in [1.54, 1.807) is 0 Å². The van der Waals surface area contributed by atoms with Crippen LogP contribution in [0, 0.1) is 0 Å². The van der Waals surface area contributed by atoms with Crippen molar-refractivity contribution >= 4 is 11.5 Å². The smallest absolute Gasteiger partial charge is 0.150 e. The maximum atomic E-state index is 6.06. The average Bonchev–Trinajstić information content (AvgIpc) is 2.50. The predicted molar refractivity (Wildman–Crippen MR) is 65.2 cm³/mol. The molecule has 0 aromatic carbocycles. The number of rotatable bonds is 5. The number of nitrogens with zero attached hydrogens (tertiary/aromatic N) is 3. The van der Waals surface area contributed by atoms with Gasteiger partial charge in [-0.05, 0) is 12.8 Å². The summed E-state index contributed by atoms with van der Waals surface area (Å²) in [6, 6.07) is 0. The monoisotopic (exact) mass is 210 g/mol. The van der Waals surface area contributed by atoms with Crippen molar-refractivity contribution in [1.82, 2.24) is 9.78 Å². The lowest BCUT2D eigenvalue weighted by Crippen LogP contribution is -2.22. The summed E-state index contributed by atoms with van der Waals surface area (Å²) in [5, 5.41) is 4.41. The maximum absolute atomic E-state index is 6.06. The van der Waals surface area contributed by atoms with Crippen molar-refractivity contribution in [2.45, 2.75) is 33.1 Å². The van der Waals surface area contributed by atoms with Crippen molar-refractivity contribution in [3.05, 3.63) is 5.69 Å². The summed E-state index contributed by atoms with van der Waals surface area (Å²) < 4.78 is 1.88. The molecule has 1 rings (SSSR count). The minimum Gasteiger partial charge on any atom is -0.394 e. The molecule has 0 saturated carbocycles. The molecular weight excluding hydrogens is 188 g/mol. The Bertz CT molecular complexity index is 317. The van der Waals surface area contributed by atoms with Gasteiger partial charge in [-0.25, -0.2) is 0 Å². The van der Waals surface area contributed by atoms with Crippen molar-refractivity contribution in [3.63, 3.8) is 0 Å². The molecule has 4 nitrogen and oxygen atoms in total. The van der Waals surface area contributed by atoms with E-state index in [9.17, 15) is 0 Å². The SMILES string of the molecule is CCCCN(C)c1c(N)c(CC)nn1C. The van der Waals surface area contributed by atoms with Crippen LogP contribution in [0.1, 0.15) is 32.4 Å². The van der Waals surface area contributed by atoms with Crippen LogP contribution in [0.2, 0.25) is 0 Å². The standard InChI is InChI=1S/C11H22N4/c1-5-7-8-14(3)11-10(12)9(6-2)13-15(11)4/h5-8,12H2,1-4H3. The van der Waals surface area contributed by atoms with E-state index in [1.165, 1.54) is 12.8 Å². The van der Waals surface area contributed by atoms with E-state index >= 15 is 0 Å². The van der Waals surface area contributed by atoms with Gasteiger partial charge >= 0.3 is 0 Å². The molecule has 0 aliphatic carbocycles. The zero-order chi connectivity index (χ0) is 11.4. The molecule has 0 saturated heterocycles. The first-order chi connectivity index (χ1) is 7.11. The van der Waals surface area contributed by atoms with Crippen molar-refractivity contribution in [3.8, 4) is 0 Å². The molecule has 1 aromatic heterocycles. The second-order valence-electron chi connectivity index (χ2n) is 3.94. The molecule has 15 heavy (non-hydrogen) atoms. The van der Waals surface area contributed by atoms with Gasteiger partial charge in [-0.15, -0.1) is 0 Å². The Hall–Kier alpha value is -1.19. The van der Waals surface area contributed by atoms with Crippen LogP contribution in [0.15, 0.2) is 0 Å². The van der Waals surface area contributed by atoms with E-state index in [1.807, 2.05) is 11.7 Å². The van der Waals surface area contributed by atoms with Gasteiger partial charge in [-0.1, -0.05) is 20.3 Å². The van der Waals surface area contributed by atoms with Crippen LogP contribution in [-0.4, -0.2) is 23.4 Å². The summed E-state index contributed by atoms with van der Waals surface area (Å²) >= 11 is 0. The van der Waals surface area contributed by atoms with Gasteiger partial charge in [0.2, 0.25) is 0 Å². The van der Waals surface area contributed by atoms with Crippen molar-refractivity contribution in [2.24, 2.45) is 7.05 Å². The van der Waals surface area contributed by atoms with E-state index < -0.39 is 0 Å². The highest BCUT2D eigenvalue weighted by Gasteiger charge is 2.14. The topological polar surface area (TPSA) is 47.1 Å². The predicted octanol–water partition coefficient (Wildman–Crippen LogP) is 1.80. The molecule has 1 aromatic rings. The maximum Gasteiger partial charge on any atom is 0.150 e. The van der Waals surface area contributed by atoms with E-state index in [0.29, 0.717) is 0 Å². The number of unbranched alkanes of at least 4 members (excludes halogenated alkanes) is 1. The fourth-order valence-electron chi connectivity index (χ4n) is 1.80. The number of hydrogen-bond donors (Lipinski definition) is 1. The summed E-state index contributed by atoms with van der Waals surface area (Å²) in [7, 11) is 4.02. The number of nitrogen functional groups attached to an aromatic ring is 1. The second kappa shape index (κ2) is 5.05. The lowest BCUT2D eigenvalue weighted by molar-refractivity contribution is 0.699. The Labute approximate surface area is 92.1 Å². The fourth-order valence-corrected chi connectivity index (χ4v) is 1.80. The summed E-state index contributed by atoms with van der Waals surface area (Å²) in [6.45, 7) is 5.30. The average molecular weight is 210 g/mol. The first-order valence-corrected chi connectivity index (χ1v) is 5.64. The fraction of sp³-hybridized carbons (Fsp3) is 0.727. The molecule has 0 spiro atoms. The van der Waals surface area contributed by atoms with E-state index in [-0.39, 0.29) is 0 Å². The molecular formula is C11H22N4. The van der Waals surface area contributed by atoms with Gasteiger partial charge in [0.05, 0.1) is 11.4 Å². The van der Waals surface area contributed by atoms with E-state index in [2.05, 4.69) is 30.9 Å². The lowest BCUT2D eigenvalue weighted by Gasteiger charge is -2.19. The Morgan fingerprint density at radius 1 is 1.40 bits per heavy atom. The largest absolute Gasteiger partial charge is 0.394 e. The lowest BCUT2D eigenvalue weighted by atomic mass is 10.2. The number of nitrogens with two attached hydrogens (primary N) is 1. The van der Waals surface area contributed by atoms with Gasteiger partial charge in [-0.3, -0.25) is 4.68 Å². The zero-order valence-electron chi connectivity index (χ0n) is 10.2. The Morgan fingerprint density at radius 2 is 2.07 bits per heavy atom. The third-order valence-electron chi connectivity index (χ3n) is 2.67. The molecule has 86 valence electrons. The number of hydrogen-bond acceptors (Lipinski definition) is 3. The Kier molecular flexibility index (Phi) is 4.00. The van der Waals surface area contributed by atoms with Crippen LogP contribution in [0.5, 0.6) is 0 Å². The van der Waals surface area contributed by atoms with Gasteiger partial charge in [0, 0.05) is 20.6 Å². The molecule has 0 radical (unpaired) electrons. The minimum absolute atomic E-state index is 0.832. The van der Waals surface area contributed by atoms with Gasteiger partial charge in [0.15, 0.2) is 0 Å². The molecule has 0 aliphatic rings. The molecule has 0 unspecified atom stereocenters. The molecule has 1 heterocycles. The molecule has 0 fully saturated rings. The van der Waals surface area contributed by atoms with Gasteiger partial charge in [0.1, 0.15) is 5.82 Å². The second-order valence-corrected chi connectivity index (χ2v) is 3.94. The first kappa shape index (κ1) is 11.9. The van der Waals surface area contributed by atoms with Crippen molar-refractivity contribution in [1.29, 1.82) is 0 Å². The summed E-state index contributed by atoms with van der Waals surface area (Å²) in [4.78, 5) is 2.19. The van der Waals surface area contributed by atoms with E-state index in [4.69, 9.17) is 5.73 Å². The van der Waals surface area contributed by atoms with Gasteiger partial charge in [0.25, 0.3) is 0 Å². The normalized spacial score (nSPS) is 10.7. The third kappa shape index (κ3) is 2.43. The van der Waals surface area contributed by atoms with E-state index in [0.717, 1.165) is 30.2 Å². The minimum atomic E-state index is 0.832. The number of aromatic nitrogens is 2. The zero-order valence-corrected chi connectivity index (χ0v) is 10.2. The first-order valence-electron chi connectivity index (χ1n) is 5.64.